The van der Waals surface area contributed by atoms with E-state index < -0.39 is 97.5 Å². The highest BCUT2D eigenvalue weighted by molar-refractivity contribution is 7.47. The number of aliphatic hydroxyl groups is 1. The molecule has 0 fully saturated rings. The molecule has 0 spiro atoms. The Morgan fingerprint density at radius 3 is 0.716 bits per heavy atom. The third kappa shape index (κ3) is 70.3. The predicted octanol–water partition coefficient (Wildman–Crippen LogP) is 22.2. The fourth-order valence-electron chi connectivity index (χ4n) is 11.6. The summed E-state index contributed by atoms with van der Waals surface area (Å²) < 4.78 is 68.5. The van der Waals surface area contributed by atoms with Crippen molar-refractivity contribution in [2.45, 2.75) is 407 Å². The van der Waals surface area contributed by atoms with E-state index in [2.05, 4.69) is 48.5 Å². The second-order valence-corrected chi connectivity index (χ2v) is 31.7. The minimum absolute atomic E-state index is 0.105. The summed E-state index contributed by atoms with van der Waals surface area (Å²) in [6.07, 6.45) is 52.6. The summed E-state index contributed by atoms with van der Waals surface area (Å²) in [5.74, 6) is 0.181. The Hall–Kier alpha value is -1.94. The molecule has 0 amide bonds. The lowest BCUT2D eigenvalue weighted by atomic mass is 10.0. The van der Waals surface area contributed by atoms with Crippen LogP contribution in [0.25, 0.3) is 0 Å². The Morgan fingerprint density at radius 2 is 0.484 bits per heavy atom. The van der Waals surface area contributed by atoms with E-state index in [1.54, 1.807) is 0 Å². The van der Waals surface area contributed by atoms with Gasteiger partial charge in [0.25, 0.3) is 0 Å². The van der Waals surface area contributed by atoms with Gasteiger partial charge in [0, 0.05) is 25.7 Å². The van der Waals surface area contributed by atoms with Gasteiger partial charge in [-0.05, 0) is 43.4 Å². The molecule has 0 rings (SSSR count). The zero-order chi connectivity index (χ0) is 70.1. The first kappa shape index (κ1) is 93.1. The maximum absolute atomic E-state index is 13.1. The van der Waals surface area contributed by atoms with Crippen LogP contribution in [-0.4, -0.2) is 96.7 Å². The van der Waals surface area contributed by atoms with Crippen molar-refractivity contribution in [2.24, 2.45) is 17.8 Å². The number of esters is 4. The van der Waals surface area contributed by atoms with E-state index in [1.165, 1.54) is 199 Å². The SMILES string of the molecule is CCCCCCCCCCCCCCC(=O)OC[C@H](COP(=O)(O)OC[C@H](O)COP(=O)(O)OC[C@@H](COC(=O)CCCCCCCCCCCCC(C)C)OC(=O)CCCCCCCCCCCCCCCCCC(C)C)OC(=O)CCCCCCCCCCCC(C)C. The maximum atomic E-state index is 13.1. The van der Waals surface area contributed by atoms with Gasteiger partial charge in [0.05, 0.1) is 26.4 Å². The van der Waals surface area contributed by atoms with E-state index in [0.717, 1.165) is 108 Å². The van der Waals surface area contributed by atoms with Gasteiger partial charge in [-0.15, -0.1) is 0 Å². The molecule has 0 aliphatic rings. The molecule has 0 aliphatic carbocycles. The molecule has 0 aromatic heterocycles. The Balaban J connectivity index is 5.25. The molecule has 0 saturated heterocycles. The summed E-state index contributed by atoms with van der Waals surface area (Å²) in [5.41, 5.74) is 0. The largest absolute Gasteiger partial charge is 0.472 e. The third-order valence-electron chi connectivity index (χ3n) is 17.6. The Morgan fingerprint density at radius 1 is 0.284 bits per heavy atom. The van der Waals surface area contributed by atoms with Crippen LogP contribution in [0, 0.1) is 17.8 Å². The van der Waals surface area contributed by atoms with E-state index in [4.69, 9.17) is 37.0 Å². The molecule has 0 aliphatic heterocycles. The van der Waals surface area contributed by atoms with Crippen LogP contribution in [0.4, 0.5) is 0 Å². The van der Waals surface area contributed by atoms with Crippen molar-refractivity contribution < 1.29 is 80.2 Å². The molecular formula is C76H148O17P2. The number of rotatable bonds is 74. The van der Waals surface area contributed by atoms with Crippen LogP contribution in [0.15, 0.2) is 0 Å². The van der Waals surface area contributed by atoms with Crippen LogP contribution in [-0.2, 0) is 65.4 Å². The molecule has 19 heteroatoms. The molecular weight excluding hydrogens is 1250 g/mol. The van der Waals surface area contributed by atoms with Crippen molar-refractivity contribution >= 4 is 39.5 Å². The fourth-order valence-corrected chi connectivity index (χ4v) is 13.2. The molecule has 564 valence electrons. The third-order valence-corrected chi connectivity index (χ3v) is 19.5. The number of hydrogen-bond donors (Lipinski definition) is 3. The van der Waals surface area contributed by atoms with Crippen molar-refractivity contribution in [1.29, 1.82) is 0 Å². The zero-order valence-corrected chi connectivity index (χ0v) is 63.9. The average molecular weight is 1400 g/mol. The first-order valence-corrected chi connectivity index (χ1v) is 42.3. The first-order valence-electron chi connectivity index (χ1n) is 39.3. The van der Waals surface area contributed by atoms with Crippen LogP contribution in [0.2, 0.25) is 0 Å². The minimum Gasteiger partial charge on any atom is -0.462 e. The van der Waals surface area contributed by atoms with Crippen molar-refractivity contribution in [3.8, 4) is 0 Å². The van der Waals surface area contributed by atoms with Crippen LogP contribution < -0.4 is 0 Å². The van der Waals surface area contributed by atoms with E-state index in [-0.39, 0.29) is 25.7 Å². The smallest absolute Gasteiger partial charge is 0.462 e. The van der Waals surface area contributed by atoms with Gasteiger partial charge in [0.1, 0.15) is 19.3 Å². The number of hydrogen-bond acceptors (Lipinski definition) is 15. The molecule has 0 aromatic carbocycles. The number of unbranched alkanes of at least 4 members (excludes halogenated alkanes) is 42. The van der Waals surface area contributed by atoms with Gasteiger partial charge in [0.15, 0.2) is 12.2 Å². The van der Waals surface area contributed by atoms with Crippen molar-refractivity contribution in [3.63, 3.8) is 0 Å². The second-order valence-electron chi connectivity index (χ2n) is 28.8. The number of carbonyl (C=O) groups excluding carboxylic acids is 4. The number of phosphoric ester groups is 2. The topological polar surface area (TPSA) is 237 Å². The summed E-state index contributed by atoms with van der Waals surface area (Å²) >= 11 is 0. The van der Waals surface area contributed by atoms with Gasteiger partial charge in [-0.3, -0.25) is 37.3 Å². The van der Waals surface area contributed by atoms with Gasteiger partial charge in [0.2, 0.25) is 0 Å². The molecule has 0 heterocycles. The fraction of sp³-hybridized carbons (Fsp3) is 0.947. The van der Waals surface area contributed by atoms with Crippen molar-refractivity contribution in [2.75, 3.05) is 39.6 Å². The quantitative estimate of drug-likeness (QED) is 0.0222. The van der Waals surface area contributed by atoms with E-state index >= 15 is 0 Å². The minimum atomic E-state index is -4.96. The summed E-state index contributed by atoms with van der Waals surface area (Å²) in [7, 11) is -9.91. The maximum Gasteiger partial charge on any atom is 0.472 e. The standard InChI is InChI=1S/C76H148O17P2/c1-8-9-10-11-12-13-14-21-29-36-43-50-57-73(78)86-64-72(93-76(81)60-53-46-39-32-25-28-35-42-49-56-69(6)7)66-91-95(84,85)89-62-70(77)61-88-94(82,83)90-65-71(63-87-74(79)58-51-44-37-30-24-23-27-34-41-48-55-68(4)5)92-75(80)59-52-45-38-31-22-19-17-15-16-18-20-26-33-40-47-54-67(2)3/h67-72,77H,8-66H2,1-7H3,(H,82,83)(H,84,85)/t70-,71-,72-/m1/s1. The molecule has 2 unspecified atom stereocenters. The van der Waals surface area contributed by atoms with Gasteiger partial charge in [-0.1, -0.05) is 337 Å². The molecule has 0 saturated carbocycles. The summed E-state index contributed by atoms with van der Waals surface area (Å²) in [5, 5.41) is 10.6. The van der Waals surface area contributed by atoms with Crippen LogP contribution in [0.5, 0.6) is 0 Å². The van der Waals surface area contributed by atoms with E-state index in [1.807, 2.05) is 0 Å². The van der Waals surface area contributed by atoms with E-state index in [0.29, 0.717) is 25.7 Å². The molecule has 0 bridgehead atoms. The first-order chi connectivity index (χ1) is 45.7. The van der Waals surface area contributed by atoms with Gasteiger partial charge >= 0.3 is 39.5 Å². The van der Waals surface area contributed by atoms with Crippen molar-refractivity contribution in [3.05, 3.63) is 0 Å². The van der Waals surface area contributed by atoms with E-state index in [9.17, 15) is 43.2 Å². The van der Waals surface area contributed by atoms with Crippen LogP contribution >= 0.6 is 15.6 Å². The zero-order valence-electron chi connectivity index (χ0n) is 62.1. The van der Waals surface area contributed by atoms with Crippen LogP contribution in [0.3, 0.4) is 0 Å². The summed E-state index contributed by atoms with van der Waals surface area (Å²) in [6, 6.07) is 0. The average Bonchev–Trinajstić information content (AvgIpc) is 1.33. The molecule has 3 N–H and O–H groups in total. The molecule has 5 atom stereocenters. The number of phosphoric acid groups is 2. The highest BCUT2D eigenvalue weighted by atomic mass is 31.2. The molecule has 0 aromatic rings. The van der Waals surface area contributed by atoms with Crippen LogP contribution in [0.1, 0.15) is 389 Å². The number of aliphatic hydroxyl groups excluding tert-OH is 1. The Labute approximate surface area is 581 Å². The number of ether oxygens (including phenoxy) is 4. The Kier molecular flexibility index (Phi) is 65.2. The highest BCUT2D eigenvalue weighted by Gasteiger charge is 2.30. The normalized spacial score (nSPS) is 14.1. The molecule has 95 heavy (non-hydrogen) atoms. The number of carbonyl (C=O) groups is 4. The summed E-state index contributed by atoms with van der Waals surface area (Å²) in [6.45, 7) is 11.9. The molecule has 17 nitrogen and oxygen atoms in total. The van der Waals surface area contributed by atoms with Crippen molar-refractivity contribution in [1.82, 2.24) is 0 Å². The monoisotopic (exact) mass is 1400 g/mol. The highest BCUT2D eigenvalue weighted by Crippen LogP contribution is 2.45. The Bertz CT molecular complexity index is 1850. The molecule has 0 radical (unpaired) electrons. The summed E-state index contributed by atoms with van der Waals surface area (Å²) in [4.78, 5) is 72.8. The van der Waals surface area contributed by atoms with Gasteiger partial charge < -0.3 is 33.8 Å². The lowest BCUT2D eigenvalue weighted by molar-refractivity contribution is -0.161. The lowest BCUT2D eigenvalue weighted by Gasteiger charge is -2.21. The predicted molar refractivity (Wildman–Crippen MR) is 386 cm³/mol. The second kappa shape index (κ2) is 66.6. The lowest BCUT2D eigenvalue weighted by Crippen LogP contribution is -2.30. The van der Waals surface area contributed by atoms with Gasteiger partial charge in [-0.25, -0.2) is 9.13 Å². The van der Waals surface area contributed by atoms with Gasteiger partial charge in [-0.2, -0.15) is 0 Å².